The van der Waals surface area contributed by atoms with Crippen LogP contribution in [0.15, 0.2) is 24.3 Å². The standard InChI is InChI=1S/C12H16N2O/c1-9-3-5-10(6-4-9)14-8-7-11(13-2)12(14)15/h3-6,11,13H,7-8H2,1-2H3. The summed E-state index contributed by atoms with van der Waals surface area (Å²) >= 11 is 0. The highest BCUT2D eigenvalue weighted by Crippen LogP contribution is 2.21. The maximum atomic E-state index is 11.9. The molecular formula is C12H16N2O. The zero-order valence-electron chi connectivity index (χ0n) is 9.16. The highest BCUT2D eigenvalue weighted by Gasteiger charge is 2.30. The van der Waals surface area contributed by atoms with Gasteiger partial charge in [0.1, 0.15) is 0 Å². The van der Waals surface area contributed by atoms with Gasteiger partial charge in [0, 0.05) is 12.2 Å². The number of hydrogen-bond donors (Lipinski definition) is 1. The minimum Gasteiger partial charge on any atom is -0.311 e. The molecule has 0 aliphatic carbocycles. The summed E-state index contributed by atoms with van der Waals surface area (Å²) in [5.41, 5.74) is 2.22. The number of aryl methyl sites for hydroxylation is 1. The van der Waals surface area contributed by atoms with Gasteiger partial charge in [0.15, 0.2) is 0 Å². The number of nitrogens with one attached hydrogen (secondary N) is 1. The van der Waals surface area contributed by atoms with E-state index in [0.717, 1.165) is 18.7 Å². The quantitative estimate of drug-likeness (QED) is 0.788. The first-order chi connectivity index (χ1) is 7.22. The Labute approximate surface area is 90.1 Å². The van der Waals surface area contributed by atoms with Crippen molar-refractivity contribution in [3.05, 3.63) is 29.8 Å². The molecule has 15 heavy (non-hydrogen) atoms. The molecule has 1 aromatic rings. The molecule has 0 radical (unpaired) electrons. The van der Waals surface area contributed by atoms with Crippen LogP contribution >= 0.6 is 0 Å². The summed E-state index contributed by atoms with van der Waals surface area (Å²) in [7, 11) is 1.83. The lowest BCUT2D eigenvalue weighted by atomic mass is 10.2. The summed E-state index contributed by atoms with van der Waals surface area (Å²) in [5, 5.41) is 3.03. The Balaban J connectivity index is 2.19. The lowest BCUT2D eigenvalue weighted by Gasteiger charge is -2.16. The predicted octanol–water partition coefficient (Wildman–Crippen LogP) is 1.32. The Morgan fingerprint density at radius 1 is 1.33 bits per heavy atom. The molecule has 0 spiro atoms. The first-order valence-corrected chi connectivity index (χ1v) is 5.27. The van der Waals surface area contributed by atoms with E-state index in [0.29, 0.717) is 0 Å². The number of rotatable bonds is 2. The summed E-state index contributed by atoms with van der Waals surface area (Å²) in [4.78, 5) is 13.7. The Morgan fingerprint density at radius 2 is 2.00 bits per heavy atom. The molecule has 0 saturated carbocycles. The molecule has 1 amide bonds. The second-order valence-electron chi connectivity index (χ2n) is 3.96. The SMILES string of the molecule is CNC1CCN(c2ccc(C)cc2)C1=O. The normalized spacial score (nSPS) is 21.1. The van der Waals surface area contributed by atoms with Crippen LogP contribution in [0.4, 0.5) is 5.69 Å². The predicted molar refractivity (Wildman–Crippen MR) is 61.0 cm³/mol. The molecule has 1 N–H and O–H groups in total. The molecule has 2 rings (SSSR count). The third kappa shape index (κ3) is 1.88. The molecule has 1 aromatic carbocycles. The fourth-order valence-electron chi connectivity index (χ4n) is 1.93. The maximum absolute atomic E-state index is 11.9. The van der Waals surface area contributed by atoms with Crippen molar-refractivity contribution in [3.63, 3.8) is 0 Å². The lowest BCUT2D eigenvalue weighted by molar-refractivity contribution is -0.118. The zero-order valence-corrected chi connectivity index (χ0v) is 9.16. The first-order valence-electron chi connectivity index (χ1n) is 5.27. The number of likely N-dealkylation sites (N-methyl/N-ethyl adjacent to an activating group) is 1. The van der Waals surface area contributed by atoms with Gasteiger partial charge in [-0.1, -0.05) is 17.7 Å². The first kappa shape index (κ1) is 10.2. The number of hydrogen-bond acceptors (Lipinski definition) is 2. The van der Waals surface area contributed by atoms with Gasteiger partial charge in [-0.15, -0.1) is 0 Å². The Hall–Kier alpha value is -1.35. The molecule has 0 aromatic heterocycles. The third-order valence-electron chi connectivity index (χ3n) is 2.90. The van der Waals surface area contributed by atoms with Gasteiger partial charge in [0.25, 0.3) is 0 Å². The highest BCUT2D eigenvalue weighted by atomic mass is 16.2. The Morgan fingerprint density at radius 3 is 2.53 bits per heavy atom. The van der Waals surface area contributed by atoms with E-state index in [9.17, 15) is 4.79 Å². The lowest BCUT2D eigenvalue weighted by Crippen LogP contribution is -2.36. The van der Waals surface area contributed by atoms with Crippen molar-refractivity contribution in [1.29, 1.82) is 0 Å². The van der Waals surface area contributed by atoms with Gasteiger partial charge in [-0.05, 0) is 32.5 Å². The van der Waals surface area contributed by atoms with Crippen LogP contribution < -0.4 is 10.2 Å². The van der Waals surface area contributed by atoms with Crippen LogP contribution in [-0.4, -0.2) is 25.5 Å². The van der Waals surface area contributed by atoms with Gasteiger partial charge >= 0.3 is 0 Å². The third-order valence-corrected chi connectivity index (χ3v) is 2.90. The molecule has 1 aliphatic rings. The molecular weight excluding hydrogens is 188 g/mol. The van der Waals surface area contributed by atoms with E-state index in [1.807, 2.05) is 43.1 Å². The maximum Gasteiger partial charge on any atom is 0.244 e. The van der Waals surface area contributed by atoms with Crippen LogP contribution in [0.5, 0.6) is 0 Å². The molecule has 1 atom stereocenters. The van der Waals surface area contributed by atoms with E-state index in [1.54, 1.807) is 0 Å². The second-order valence-corrected chi connectivity index (χ2v) is 3.96. The van der Waals surface area contributed by atoms with Crippen LogP contribution in [0.2, 0.25) is 0 Å². The van der Waals surface area contributed by atoms with Crippen LogP contribution in [0.25, 0.3) is 0 Å². The van der Waals surface area contributed by atoms with E-state index in [-0.39, 0.29) is 11.9 Å². The fraction of sp³-hybridized carbons (Fsp3) is 0.417. The minimum absolute atomic E-state index is 0.00805. The van der Waals surface area contributed by atoms with Gasteiger partial charge in [0.2, 0.25) is 5.91 Å². The molecule has 1 unspecified atom stereocenters. The molecule has 1 aliphatic heterocycles. The fourth-order valence-corrected chi connectivity index (χ4v) is 1.93. The van der Waals surface area contributed by atoms with Gasteiger partial charge in [-0.3, -0.25) is 4.79 Å². The van der Waals surface area contributed by atoms with E-state index in [4.69, 9.17) is 0 Å². The van der Waals surface area contributed by atoms with Crippen LogP contribution in [0, 0.1) is 6.92 Å². The van der Waals surface area contributed by atoms with Crippen molar-refractivity contribution >= 4 is 11.6 Å². The average Bonchev–Trinajstić information content (AvgIpc) is 2.61. The molecule has 1 fully saturated rings. The number of amides is 1. The summed E-state index contributed by atoms with van der Waals surface area (Å²) in [6, 6.07) is 8.08. The van der Waals surface area contributed by atoms with Crippen molar-refractivity contribution < 1.29 is 4.79 Å². The smallest absolute Gasteiger partial charge is 0.244 e. The summed E-state index contributed by atoms with van der Waals surface area (Å²) in [6.45, 7) is 2.86. The monoisotopic (exact) mass is 204 g/mol. The number of carbonyl (C=O) groups excluding carboxylic acids is 1. The van der Waals surface area contributed by atoms with Crippen molar-refractivity contribution in [1.82, 2.24) is 5.32 Å². The van der Waals surface area contributed by atoms with Gasteiger partial charge in [-0.2, -0.15) is 0 Å². The summed E-state index contributed by atoms with van der Waals surface area (Å²) < 4.78 is 0. The van der Waals surface area contributed by atoms with E-state index in [1.165, 1.54) is 5.56 Å². The van der Waals surface area contributed by atoms with Gasteiger partial charge in [0.05, 0.1) is 6.04 Å². The van der Waals surface area contributed by atoms with E-state index in [2.05, 4.69) is 5.32 Å². The topological polar surface area (TPSA) is 32.3 Å². The molecule has 3 nitrogen and oxygen atoms in total. The van der Waals surface area contributed by atoms with Gasteiger partial charge in [-0.25, -0.2) is 0 Å². The minimum atomic E-state index is -0.00805. The van der Waals surface area contributed by atoms with Crippen molar-refractivity contribution in [2.24, 2.45) is 0 Å². The largest absolute Gasteiger partial charge is 0.311 e. The molecule has 80 valence electrons. The molecule has 1 saturated heterocycles. The van der Waals surface area contributed by atoms with Crippen molar-refractivity contribution in [2.75, 3.05) is 18.5 Å². The van der Waals surface area contributed by atoms with Crippen LogP contribution in [0.3, 0.4) is 0 Å². The second kappa shape index (κ2) is 4.03. The summed E-state index contributed by atoms with van der Waals surface area (Å²) in [6.07, 6.45) is 0.892. The molecule has 3 heteroatoms. The van der Waals surface area contributed by atoms with Crippen LogP contribution in [-0.2, 0) is 4.79 Å². The van der Waals surface area contributed by atoms with E-state index >= 15 is 0 Å². The number of benzene rings is 1. The average molecular weight is 204 g/mol. The van der Waals surface area contributed by atoms with Crippen molar-refractivity contribution in [3.8, 4) is 0 Å². The summed E-state index contributed by atoms with van der Waals surface area (Å²) in [5.74, 6) is 0.182. The Bertz CT molecular complexity index is 358. The molecule has 0 bridgehead atoms. The number of carbonyl (C=O) groups is 1. The molecule has 1 heterocycles. The highest BCUT2D eigenvalue weighted by molar-refractivity contribution is 5.99. The van der Waals surface area contributed by atoms with Gasteiger partial charge < -0.3 is 10.2 Å². The van der Waals surface area contributed by atoms with Crippen molar-refractivity contribution in [2.45, 2.75) is 19.4 Å². The van der Waals surface area contributed by atoms with E-state index < -0.39 is 0 Å². The zero-order chi connectivity index (χ0) is 10.8. The Kier molecular flexibility index (Phi) is 2.73. The number of nitrogens with zero attached hydrogens (tertiary/aromatic N) is 1. The van der Waals surface area contributed by atoms with Crippen LogP contribution in [0.1, 0.15) is 12.0 Å². The number of anilines is 1.